The highest BCUT2D eigenvalue weighted by molar-refractivity contribution is 5.00. The van der Waals surface area contributed by atoms with Crippen LogP contribution in [0.2, 0.25) is 0 Å². The van der Waals surface area contributed by atoms with Gasteiger partial charge in [0.2, 0.25) is 0 Å². The summed E-state index contributed by atoms with van der Waals surface area (Å²) in [5.74, 6) is 6.17. The van der Waals surface area contributed by atoms with Crippen molar-refractivity contribution in [3.8, 4) is 11.8 Å². The van der Waals surface area contributed by atoms with Gasteiger partial charge in [-0.05, 0) is 32.7 Å². The van der Waals surface area contributed by atoms with E-state index in [1.165, 1.54) is 25.8 Å². The summed E-state index contributed by atoms with van der Waals surface area (Å²) >= 11 is 0. The standard InChI is InChI=1S/C13H24N2/c1-4-7-10-15-11-8-9-14-13(5-2,6-3)12-15/h14H,5-6,8-12H2,1-3H3. The quantitative estimate of drug-likeness (QED) is 0.712. The second-order valence-electron chi connectivity index (χ2n) is 4.41. The molecule has 2 heteroatoms. The van der Waals surface area contributed by atoms with Gasteiger partial charge in [0.05, 0.1) is 6.54 Å². The Balaban J connectivity index is 2.61. The minimum Gasteiger partial charge on any atom is -0.310 e. The van der Waals surface area contributed by atoms with Crippen LogP contribution in [0.1, 0.15) is 40.0 Å². The van der Waals surface area contributed by atoms with E-state index in [1.807, 2.05) is 6.92 Å². The van der Waals surface area contributed by atoms with Crippen molar-refractivity contribution in [1.82, 2.24) is 10.2 Å². The molecule has 0 atom stereocenters. The molecule has 1 heterocycles. The van der Waals surface area contributed by atoms with E-state index in [0.29, 0.717) is 5.54 Å². The van der Waals surface area contributed by atoms with Crippen LogP contribution >= 0.6 is 0 Å². The van der Waals surface area contributed by atoms with Crippen LogP contribution in [0.3, 0.4) is 0 Å². The maximum atomic E-state index is 3.71. The van der Waals surface area contributed by atoms with Crippen molar-refractivity contribution in [3.63, 3.8) is 0 Å². The molecule has 1 aliphatic rings. The van der Waals surface area contributed by atoms with Gasteiger partial charge in [0.25, 0.3) is 0 Å². The number of hydrogen-bond acceptors (Lipinski definition) is 2. The first-order valence-electron chi connectivity index (χ1n) is 6.13. The molecule has 2 nitrogen and oxygen atoms in total. The smallest absolute Gasteiger partial charge is 0.0602 e. The summed E-state index contributed by atoms with van der Waals surface area (Å²) in [5, 5.41) is 3.71. The molecule has 0 aromatic carbocycles. The van der Waals surface area contributed by atoms with Gasteiger partial charge in [0, 0.05) is 18.6 Å². The van der Waals surface area contributed by atoms with Gasteiger partial charge in [-0.2, -0.15) is 0 Å². The van der Waals surface area contributed by atoms with Gasteiger partial charge < -0.3 is 5.32 Å². The molecular weight excluding hydrogens is 184 g/mol. The zero-order valence-corrected chi connectivity index (χ0v) is 10.4. The van der Waals surface area contributed by atoms with Crippen molar-refractivity contribution in [2.24, 2.45) is 0 Å². The Morgan fingerprint density at radius 1 is 1.33 bits per heavy atom. The molecular formula is C13H24N2. The van der Waals surface area contributed by atoms with E-state index >= 15 is 0 Å². The first kappa shape index (κ1) is 12.5. The molecule has 1 aliphatic heterocycles. The molecule has 0 amide bonds. The van der Waals surface area contributed by atoms with Crippen molar-refractivity contribution in [2.75, 3.05) is 26.2 Å². The monoisotopic (exact) mass is 208 g/mol. The molecule has 0 aromatic rings. The first-order valence-corrected chi connectivity index (χ1v) is 6.13. The number of nitrogens with zero attached hydrogens (tertiary/aromatic N) is 1. The van der Waals surface area contributed by atoms with Gasteiger partial charge in [0.15, 0.2) is 0 Å². The Labute approximate surface area is 94.4 Å². The molecule has 1 N–H and O–H groups in total. The van der Waals surface area contributed by atoms with Gasteiger partial charge in [-0.3, -0.25) is 4.90 Å². The van der Waals surface area contributed by atoms with Crippen LogP contribution in [0, 0.1) is 11.8 Å². The van der Waals surface area contributed by atoms with Crippen molar-refractivity contribution >= 4 is 0 Å². The topological polar surface area (TPSA) is 15.3 Å². The third-order valence-electron chi connectivity index (χ3n) is 3.51. The lowest BCUT2D eigenvalue weighted by Crippen LogP contribution is -2.50. The molecule has 15 heavy (non-hydrogen) atoms. The Hall–Kier alpha value is -0.520. The minimum absolute atomic E-state index is 0.325. The van der Waals surface area contributed by atoms with E-state index in [2.05, 4.69) is 35.9 Å². The lowest BCUT2D eigenvalue weighted by atomic mass is 9.92. The summed E-state index contributed by atoms with van der Waals surface area (Å²) in [6.07, 6.45) is 3.66. The van der Waals surface area contributed by atoms with E-state index in [1.54, 1.807) is 0 Å². The SMILES string of the molecule is CC#CCN1CCCNC(CC)(CC)C1. The van der Waals surface area contributed by atoms with Gasteiger partial charge in [-0.15, -0.1) is 5.92 Å². The second kappa shape index (κ2) is 6.15. The number of rotatable bonds is 3. The molecule has 0 aliphatic carbocycles. The van der Waals surface area contributed by atoms with Crippen LogP contribution in [0.25, 0.3) is 0 Å². The lowest BCUT2D eigenvalue weighted by Gasteiger charge is -2.34. The van der Waals surface area contributed by atoms with Crippen LogP contribution in [-0.2, 0) is 0 Å². The summed E-state index contributed by atoms with van der Waals surface area (Å²) in [4.78, 5) is 2.49. The Bertz CT molecular complexity index is 233. The number of nitrogens with one attached hydrogen (secondary N) is 1. The fraction of sp³-hybridized carbons (Fsp3) is 0.846. The highest BCUT2D eigenvalue weighted by Gasteiger charge is 2.29. The average molecular weight is 208 g/mol. The number of hydrogen-bond donors (Lipinski definition) is 1. The first-order chi connectivity index (χ1) is 7.26. The Morgan fingerprint density at radius 2 is 2.07 bits per heavy atom. The van der Waals surface area contributed by atoms with Crippen molar-refractivity contribution in [3.05, 3.63) is 0 Å². The van der Waals surface area contributed by atoms with E-state index in [4.69, 9.17) is 0 Å². The second-order valence-corrected chi connectivity index (χ2v) is 4.41. The van der Waals surface area contributed by atoms with Crippen LogP contribution in [0.15, 0.2) is 0 Å². The van der Waals surface area contributed by atoms with Gasteiger partial charge in [-0.25, -0.2) is 0 Å². The van der Waals surface area contributed by atoms with Crippen LogP contribution in [-0.4, -0.2) is 36.6 Å². The van der Waals surface area contributed by atoms with E-state index in [9.17, 15) is 0 Å². The predicted octanol–water partition coefficient (Wildman–Crippen LogP) is 1.86. The van der Waals surface area contributed by atoms with Crippen LogP contribution in [0.5, 0.6) is 0 Å². The molecule has 0 unspecified atom stereocenters. The predicted molar refractivity (Wildman–Crippen MR) is 65.8 cm³/mol. The molecule has 0 spiro atoms. The van der Waals surface area contributed by atoms with Gasteiger partial charge >= 0.3 is 0 Å². The van der Waals surface area contributed by atoms with Crippen LogP contribution in [0.4, 0.5) is 0 Å². The lowest BCUT2D eigenvalue weighted by molar-refractivity contribution is 0.213. The average Bonchev–Trinajstić information content (AvgIpc) is 2.49. The highest BCUT2D eigenvalue weighted by Crippen LogP contribution is 2.19. The molecule has 1 fully saturated rings. The fourth-order valence-electron chi connectivity index (χ4n) is 2.27. The van der Waals surface area contributed by atoms with Crippen LogP contribution < -0.4 is 5.32 Å². The van der Waals surface area contributed by atoms with E-state index in [0.717, 1.165) is 19.6 Å². The largest absolute Gasteiger partial charge is 0.310 e. The summed E-state index contributed by atoms with van der Waals surface area (Å²) in [6.45, 7) is 10.9. The Kier molecular flexibility index (Phi) is 5.14. The molecule has 1 rings (SSSR count). The maximum Gasteiger partial charge on any atom is 0.0602 e. The van der Waals surface area contributed by atoms with Gasteiger partial charge in [0.1, 0.15) is 0 Å². The molecule has 0 bridgehead atoms. The van der Waals surface area contributed by atoms with Crippen molar-refractivity contribution < 1.29 is 0 Å². The fourth-order valence-corrected chi connectivity index (χ4v) is 2.27. The maximum absolute atomic E-state index is 3.71. The minimum atomic E-state index is 0.325. The molecule has 86 valence electrons. The van der Waals surface area contributed by atoms with Crippen molar-refractivity contribution in [1.29, 1.82) is 0 Å². The van der Waals surface area contributed by atoms with Gasteiger partial charge in [-0.1, -0.05) is 19.8 Å². The van der Waals surface area contributed by atoms with E-state index < -0.39 is 0 Å². The third kappa shape index (κ3) is 3.52. The normalized spacial score (nSPS) is 21.5. The summed E-state index contributed by atoms with van der Waals surface area (Å²) in [6, 6.07) is 0. The summed E-state index contributed by atoms with van der Waals surface area (Å²) < 4.78 is 0. The molecule has 0 aromatic heterocycles. The third-order valence-corrected chi connectivity index (χ3v) is 3.51. The zero-order chi connectivity index (χ0) is 11.1. The van der Waals surface area contributed by atoms with E-state index in [-0.39, 0.29) is 0 Å². The summed E-state index contributed by atoms with van der Waals surface area (Å²) in [5.41, 5.74) is 0.325. The highest BCUT2D eigenvalue weighted by atomic mass is 15.2. The Morgan fingerprint density at radius 3 is 2.67 bits per heavy atom. The molecule has 0 radical (unpaired) electrons. The van der Waals surface area contributed by atoms with Crippen molar-refractivity contribution in [2.45, 2.75) is 45.6 Å². The molecule has 0 saturated carbocycles. The zero-order valence-electron chi connectivity index (χ0n) is 10.4. The summed E-state index contributed by atoms with van der Waals surface area (Å²) in [7, 11) is 0. The molecule has 1 saturated heterocycles.